The second-order valence-electron chi connectivity index (χ2n) is 6.30. The number of quaternary nitrogens is 1. The summed E-state index contributed by atoms with van der Waals surface area (Å²) in [6.45, 7) is 2.05. The van der Waals surface area contributed by atoms with Crippen molar-refractivity contribution >= 4 is 34.3 Å². The van der Waals surface area contributed by atoms with Crippen LogP contribution in [0.3, 0.4) is 0 Å². The summed E-state index contributed by atoms with van der Waals surface area (Å²) in [5.74, 6) is 1.05. The molecule has 0 aliphatic carbocycles. The molecule has 3 aromatic rings. The van der Waals surface area contributed by atoms with Crippen LogP contribution in [0.15, 0.2) is 95.0 Å². The van der Waals surface area contributed by atoms with Gasteiger partial charge in [0, 0.05) is 11.8 Å². The number of hydrogen-bond acceptors (Lipinski definition) is 3. The van der Waals surface area contributed by atoms with Crippen molar-refractivity contribution in [3.63, 3.8) is 0 Å². The van der Waals surface area contributed by atoms with Gasteiger partial charge in [-0.25, -0.2) is 5.01 Å². The van der Waals surface area contributed by atoms with Gasteiger partial charge in [-0.05, 0) is 37.3 Å². The Labute approximate surface area is 165 Å². The predicted octanol–water partition coefficient (Wildman–Crippen LogP) is 1.53. The molecule has 1 aliphatic heterocycles. The van der Waals surface area contributed by atoms with Gasteiger partial charge in [0.15, 0.2) is 5.69 Å². The summed E-state index contributed by atoms with van der Waals surface area (Å²) in [6.07, 6.45) is 0.727. The first-order valence-corrected chi connectivity index (χ1v) is 8.75. The molecule has 2 N–H and O–H groups in total. The quantitative estimate of drug-likeness (QED) is 0.410. The van der Waals surface area contributed by atoms with Crippen molar-refractivity contribution in [3.8, 4) is 0 Å². The maximum atomic E-state index is 4.89. The van der Waals surface area contributed by atoms with Crippen LogP contribution in [0.4, 0.5) is 22.7 Å². The largest absolute Gasteiger partial charge is 1.00 e. The van der Waals surface area contributed by atoms with E-state index in [0.29, 0.717) is 0 Å². The van der Waals surface area contributed by atoms with E-state index >= 15 is 0 Å². The van der Waals surface area contributed by atoms with Gasteiger partial charge >= 0.3 is 0 Å². The number of aliphatic imine (C=N–C) groups is 1. The van der Waals surface area contributed by atoms with E-state index in [9.17, 15) is 0 Å². The summed E-state index contributed by atoms with van der Waals surface area (Å²) in [6, 6.07) is 28.6. The Morgan fingerprint density at radius 3 is 2.00 bits per heavy atom. The third kappa shape index (κ3) is 4.42. The van der Waals surface area contributed by atoms with E-state index in [4.69, 9.17) is 10.1 Å². The van der Waals surface area contributed by atoms with Gasteiger partial charge in [0.1, 0.15) is 5.69 Å². The Kier molecular flexibility index (Phi) is 6.01. The van der Waals surface area contributed by atoms with Gasteiger partial charge in [0.05, 0.1) is 17.8 Å². The number of nitrogens with two attached hydrogens (primary N) is 1. The minimum absolute atomic E-state index is 0. The molecule has 3 aromatic carbocycles. The van der Waals surface area contributed by atoms with Crippen LogP contribution in [0, 0.1) is 0 Å². The van der Waals surface area contributed by atoms with Gasteiger partial charge in [-0.2, -0.15) is 10.1 Å². The van der Waals surface area contributed by atoms with Gasteiger partial charge < -0.3 is 12.4 Å². The van der Waals surface area contributed by atoms with E-state index in [0.717, 1.165) is 35.0 Å². The molecule has 1 aliphatic rings. The summed E-state index contributed by atoms with van der Waals surface area (Å²) in [7, 11) is 0. The number of nitrogens with zero attached hydrogens (tertiary/aromatic N) is 3. The molecule has 0 bridgehead atoms. The third-order valence-corrected chi connectivity index (χ3v) is 4.23. The first-order valence-electron chi connectivity index (χ1n) is 8.75. The fourth-order valence-corrected chi connectivity index (χ4v) is 3.04. The average molecular weight is 377 g/mol. The van der Waals surface area contributed by atoms with Crippen LogP contribution < -0.4 is 22.7 Å². The molecule has 1 heterocycles. The van der Waals surface area contributed by atoms with E-state index in [1.165, 1.54) is 5.69 Å². The van der Waals surface area contributed by atoms with Gasteiger partial charge in [-0.3, -0.25) is 5.32 Å². The van der Waals surface area contributed by atoms with Crippen LogP contribution >= 0.6 is 0 Å². The maximum Gasteiger partial charge on any atom is 0.211 e. The van der Waals surface area contributed by atoms with Crippen LogP contribution in [-0.2, 0) is 0 Å². The standard InChI is InChI=1S/C22H20N4.ClH/c1-17(16-22-23-20-14-8-9-15-21(20)24-22)25-26(18-10-4-2-5-11-18)19-12-6-3-7-13-19;/h2-15H,16H2,1H3,(H,23,24);1H/b25-17-;. The maximum absolute atomic E-state index is 4.89. The van der Waals surface area contributed by atoms with E-state index in [-0.39, 0.29) is 12.4 Å². The molecule has 4 rings (SSSR count). The second-order valence-corrected chi connectivity index (χ2v) is 6.30. The Hall–Kier alpha value is -2.95. The van der Waals surface area contributed by atoms with E-state index in [2.05, 4.69) is 42.6 Å². The van der Waals surface area contributed by atoms with E-state index < -0.39 is 0 Å². The molecule has 4 nitrogen and oxygen atoms in total. The summed E-state index contributed by atoms with van der Waals surface area (Å²) >= 11 is 0. The van der Waals surface area contributed by atoms with Crippen molar-refractivity contribution in [2.24, 2.45) is 10.1 Å². The SMILES string of the molecule is C/C(CC1=Nc2ccccc2[NH2+]1)=N/N(c1ccccc1)c1ccccc1.[Cl-]. The smallest absolute Gasteiger partial charge is 0.211 e. The molecular weight excluding hydrogens is 356 g/mol. The zero-order valence-corrected chi connectivity index (χ0v) is 15.8. The van der Waals surface area contributed by atoms with Crippen molar-refractivity contribution in [1.82, 2.24) is 0 Å². The predicted molar refractivity (Wildman–Crippen MR) is 108 cm³/mol. The van der Waals surface area contributed by atoms with Gasteiger partial charge in [0.2, 0.25) is 5.84 Å². The lowest BCUT2D eigenvalue weighted by Crippen LogP contribution is -3.00. The lowest BCUT2D eigenvalue weighted by atomic mass is 10.2. The highest BCUT2D eigenvalue weighted by atomic mass is 35.5. The number of halogens is 1. The van der Waals surface area contributed by atoms with Crippen molar-refractivity contribution in [2.75, 3.05) is 5.01 Å². The molecule has 0 saturated heterocycles. The zero-order chi connectivity index (χ0) is 17.8. The summed E-state index contributed by atoms with van der Waals surface area (Å²) in [5, 5.41) is 9.02. The van der Waals surface area contributed by atoms with Crippen molar-refractivity contribution in [2.45, 2.75) is 13.3 Å². The Morgan fingerprint density at radius 1 is 0.852 bits per heavy atom. The molecular formula is C22H21ClN4. The Morgan fingerprint density at radius 2 is 1.41 bits per heavy atom. The molecule has 0 amide bonds. The molecule has 136 valence electrons. The van der Waals surface area contributed by atoms with Crippen LogP contribution in [0.25, 0.3) is 0 Å². The van der Waals surface area contributed by atoms with Crippen molar-refractivity contribution in [3.05, 3.63) is 84.9 Å². The highest BCUT2D eigenvalue weighted by Gasteiger charge is 2.19. The van der Waals surface area contributed by atoms with Gasteiger partial charge in [0.25, 0.3) is 0 Å². The number of amidine groups is 1. The Bertz CT molecular complexity index is 913. The van der Waals surface area contributed by atoms with E-state index in [1.807, 2.05) is 59.6 Å². The number of fused-ring (bicyclic) bond motifs is 1. The second kappa shape index (κ2) is 8.62. The number of anilines is 2. The Balaban J connectivity index is 0.00000210. The topological polar surface area (TPSA) is 44.6 Å². The lowest BCUT2D eigenvalue weighted by Gasteiger charge is -2.20. The monoisotopic (exact) mass is 376 g/mol. The summed E-state index contributed by atoms with van der Waals surface area (Å²) in [4.78, 5) is 4.71. The minimum Gasteiger partial charge on any atom is -1.00 e. The average Bonchev–Trinajstić information content (AvgIpc) is 3.09. The first-order chi connectivity index (χ1) is 12.8. The molecule has 0 aromatic heterocycles. The van der Waals surface area contributed by atoms with Crippen LogP contribution in [0.1, 0.15) is 13.3 Å². The fraction of sp³-hybridized carbons (Fsp3) is 0.0909. The molecule has 0 fully saturated rings. The van der Waals surface area contributed by atoms with Crippen LogP contribution in [0.2, 0.25) is 0 Å². The first kappa shape index (κ1) is 18.8. The number of benzene rings is 3. The highest BCUT2D eigenvalue weighted by Crippen LogP contribution is 2.26. The fourth-order valence-electron chi connectivity index (χ4n) is 3.04. The molecule has 27 heavy (non-hydrogen) atoms. The molecule has 0 spiro atoms. The lowest BCUT2D eigenvalue weighted by molar-refractivity contribution is -0.440. The van der Waals surface area contributed by atoms with Crippen LogP contribution in [0.5, 0.6) is 0 Å². The molecule has 0 unspecified atom stereocenters. The van der Waals surface area contributed by atoms with E-state index in [1.54, 1.807) is 0 Å². The highest BCUT2D eigenvalue weighted by molar-refractivity contribution is 6.02. The molecule has 0 radical (unpaired) electrons. The third-order valence-electron chi connectivity index (χ3n) is 4.23. The zero-order valence-electron chi connectivity index (χ0n) is 15.1. The molecule has 5 heteroatoms. The normalized spacial score (nSPS) is 12.8. The number of hydrogen-bond donors (Lipinski definition) is 1. The van der Waals surface area contributed by atoms with Gasteiger partial charge in [-0.15, -0.1) is 0 Å². The van der Waals surface area contributed by atoms with Crippen molar-refractivity contribution < 1.29 is 17.7 Å². The molecule has 0 atom stereocenters. The minimum atomic E-state index is 0. The van der Waals surface area contributed by atoms with Crippen molar-refractivity contribution in [1.29, 1.82) is 0 Å². The number of rotatable bonds is 5. The number of para-hydroxylation sites is 4. The van der Waals surface area contributed by atoms with Gasteiger partial charge in [-0.1, -0.05) is 48.5 Å². The summed E-state index contributed by atoms with van der Waals surface area (Å²) < 4.78 is 0. The molecule has 0 saturated carbocycles. The summed E-state index contributed by atoms with van der Waals surface area (Å²) in [5.41, 5.74) is 5.31. The number of hydrazone groups is 1. The van der Waals surface area contributed by atoms with Crippen LogP contribution in [-0.4, -0.2) is 11.5 Å².